The van der Waals surface area contributed by atoms with Crippen molar-refractivity contribution in [2.45, 2.75) is 26.8 Å². The zero-order valence-electron chi connectivity index (χ0n) is 15.7. The molecule has 3 aromatic heterocycles. The first-order valence-corrected chi connectivity index (χ1v) is 9.81. The second-order valence-electron chi connectivity index (χ2n) is 6.87. The summed E-state index contributed by atoms with van der Waals surface area (Å²) in [6.07, 6.45) is 1.67. The molecular formula is C21H19FN4OS. The number of rotatable bonds is 4. The Balaban J connectivity index is 1.83. The van der Waals surface area contributed by atoms with E-state index in [1.165, 1.54) is 12.1 Å². The molecule has 1 amide bonds. The van der Waals surface area contributed by atoms with E-state index < -0.39 is 0 Å². The maximum atomic E-state index is 13.4. The Kier molecular flexibility index (Phi) is 4.68. The summed E-state index contributed by atoms with van der Waals surface area (Å²) >= 11 is 1.56. The highest BCUT2D eigenvalue weighted by Gasteiger charge is 2.19. The number of hydrogen-bond donors (Lipinski definition) is 1. The van der Waals surface area contributed by atoms with E-state index >= 15 is 0 Å². The predicted molar refractivity (Wildman–Crippen MR) is 110 cm³/mol. The van der Waals surface area contributed by atoms with Gasteiger partial charge in [0.15, 0.2) is 5.65 Å². The maximum absolute atomic E-state index is 13.4. The average Bonchev–Trinajstić information content (AvgIpc) is 3.32. The van der Waals surface area contributed by atoms with Gasteiger partial charge in [0.1, 0.15) is 5.82 Å². The van der Waals surface area contributed by atoms with Gasteiger partial charge in [-0.3, -0.25) is 4.79 Å². The molecular weight excluding hydrogens is 375 g/mol. The van der Waals surface area contributed by atoms with Crippen molar-refractivity contribution in [2.24, 2.45) is 0 Å². The summed E-state index contributed by atoms with van der Waals surface area (Å²) in [6.45, 7) is 5.80. The van der Waals surface area contributed by atoms with E-state index in [2.05, 4.69) is 10.4 Å². The van der Waals surface area contributed by atoms with E-state index in [1.54, 1.807) is 36.6 Å². The lowest BCUT2D eigenvalue weighted by atomic mass is 10.1. The molecule has 1 aromatic carbocycles. The van der Waals surface area contributed by atoms with Crippen molar-refractivity contribution in [3.05, 3.63) is 64.9 Å². The minimum absolute atomic E-state index is 0.110. The third-order valence-electron chi connectivity index (χ3n) is 4.51. The molecule has 0 aliphatic rings. The minimum atomic E-state index is -0.333. The summed E-state index contributed by atoms with van der Waals surface area (Å²) in [5.41, 5.74) is 3.12. The number of anilines is 1. The average molecular weight is 394 g/mol. The summed E-state index contributed by atoms with van der Waals surface area (Å²) in [4.78, 5) is 18.8. The molecule has 4 rings (SSSR count). The molecule has 7 heteroatoms. The number of halogens is 1. The molecule has 1 N–H and O–H groups in total. The Morgan fingerprint density at radius 3 is 2.75 bits per heavy atom. The Bertz CT molecular complexity index is 1160. The molecule has 0 saturated heterocycles. The van der Waals surface area contributed by atoms with Crippen LogP contribution >= 0.6 is 11.3 Å². The van der Waals surface area contributed by atoms with Crippen LogP contribution in [0.1, 0.15) is 35.8 Å². The number of aromatic nitrogens is 3. The van der Waals surface area contributed by atoms with Crippen molar-refractivity contribution in [3.8, 4) is 10.6 Å². The van der Waals surface area contributed by atoms with Crippen LogP contribution in [0.2, 0.25) is 0 Å². The second kappa shape index (κ2) is 7.16. The van der Waals surface area contributed by atoms with Gasteiger partial charge in [-0.25, -0.2) is 14.1 Å². The number of carbonyl (C=O) groups excluding carboxylic acids is 1. The van der Waals surface area contributed by atoms with Crippen molar-refractivity contribution in [3.63, 3.8) is 0 Å². The van der Waals surface area contributed by atoms with Gasteiger partial charge in [-0.15, -0.1) is 11.3 Å². The van der Waals surface area contributed by atoms with Crippen molar-refractivity contribution in [2.75, 3.05) is 5.32 Å². The zero-order chi connectivity index (χ0) is 19.8. The van der Waals surface area contributed by atoms with E-state index in [9.17, 15) is 9.18 Å². The maximum Gasteiger partial charge on any atom is 0.256 e. The Labute approximate surface area is 165 Å². The van der Waals surface area contributed by atoms with Gasteiger partial charge in [0.05, 0.1) is 27.7 Å². The van der Waals surface area contributed by atoms with Crippen LogP contribution in [0, 0.1) is 12.7 Å². The number of aryl methyl sites for hydroxylation is 1. The molecule has 0 aliphatic heterocycles. The molecule has 4 aromatic rings. The molecule has 0 radical (unpaired) electrons. The topological polar surface area (TPSA) is 59.8 Å². The fourth-order valence-corrected chi connectivity index (χ4v) is 3.78. The normalized spacial score (nSPS) is 11.3. The molecule has 0 spiro atoms. The standard InChI is InChI=1S/C21H19FN4OS/c1-12(2)26-20-16(11-23-26)15(10-18(24-20)19-5-4-8-28-19)21(27)25-17-7-6-14(22)9-13(17)3/h4-12H,1-3H3,(H,25,27). The predicted octanol–water partition coefficient (Wildman–Crippen LogP) is 5.44. The molecule has 0 bridgehead atoms. The smallest absolute Gasteiger partial charge is 0.256 e. The number of benzene rings is 1. The first kappa shape index (κ1) is 18.3. The van der Waals surface area contributed by atoms with Crippen molar-refractivity contribution in [1.82, 2.24) is 14.8 Å². The summed E-state index contributed by atoms with van der Waals surface area (Å²) in [5, 5.41) is 9.98. The summed E-state index contributed by atoms with van der Waals surface area (Å²) in [6, 6.07) is 10.1. The molecule has 0 unspecified atom stereocenters. The summed E-state index contributed by atoms with van der Waals surface area (Å²) in [7, 11) is 0. The highest BCUT2D eigenvalue weighted by atomic mass is 32.1. The summed E-state index contributed by atoms with van der Waals surface area (Å²) < 4.78 is 15.2. The second-order valence-corrected chi connectivity index (χ2v) is 7.81. The Hall–Kier alpha value is -3.06. The zero-order valence-corrected chi connectivity index (χ0v) is 16.5. The van der Waals surface area contributed by atoms with Gasteiger partial charge in [0, 0.05) is 11.7 Å². The highest BCUT2D eigenvalue weighted by Crippen LogP contribution is 2.29. The van der Waals surface area contributed by atoms with E-state index in [4.69, 9.17) is 4.98 Å². The van der Waals surface area contributed by atoms with Crippen LogP contribution in [0.3, 0.4) is 0 Å². The largest absolute Gasteiger partial charge is 0.322 e. The van der Waals surface area contributed by atoms with E-state index in [1.807, 2.05) is 36.0 Å². The molecule has 3 heterocycles. The van der Waals surface area contributed by atoms with E-state index in [-0.39, 0.29) is 17.8 Å². The SMILES string of the molecule is Cc1cc(F)ccc1NC(=O)c1cc(-c2cccs2)nc2c1cnn2C(C)C. The molecule has 0 saturated carbocycles. The number of carbonyl (C=O) groups is 1. The fourth-order valence-electron chi connectivity index (χ4n) is 3.09. The highest BCUT2D eigenvalue weighted by molar-refractivity contribution is 7.13. The number of pyridine rings is 1. The monoisotopic (exact) mass is 394 g/mol. The van der Waals surface area contributed by atoms with Gasteiger partial charge < -0.3 is 5.32 Å². The number of nitrogens with zero attached hydrogens (tertiary/aromatic N) is 3. The van der Waals surface area contributed by atoms with Crippen LogP contribution < -0.4 is 5.32 Å². The molecule has 5 nitrogen and oxygen atoms in total. The van der Waals surface area contributed by atoms with Gasteiger partial charge in [-0.05, 0) is 62.0 Å². The summed E-state index contributed by atoms with van der Waals surface area (Å²) in [5.74, 6) is -0.608. The first-order chi connectivity index (χ1) is 13.4. The lowest BCUT2D eigenvalue weighted by molar-refractivity contribution is 0.102. The third kappa shape index (κ3) is 3.29. The minimum Gasteiger partial charge on any atom is -0.322 e. The lowest BCUT2D eigenvalue weighted by Gasteiger charge is -2.11. The van der Waals surface area contributed by atoms with Gasteiger partial charge in [0.2, 0.25) is 0 Å². The van der Waals surface area contributed by atoms with Crippen LogP contribution in [0.25, 0.3) is 21.6 Å². The molecule has 0 atom stereocenters. The van der Waals surface area contributed by atoms with E-state index in [0.29, 0.717) is 27.8 Å². The third-order valence-corrected chi connectivity index (χ3v) is 5.40. The number of nitrogens with one attached hydrogen (secondary N) is 1. The van der Waals surface area contributed by atoms with E-state index in [0.717, 1.165) is 10.6 Å². The molecule has 0 aliphatic carbocycles. The number of hydrogen-bond acceptors (Lipinski definition) is 4. The van der Waals surface area contributed by atoms with Crippen molar-refractivity contribution >= 4 is 34.0 Å². The van der Waals surface area contributed by atoms with Crippen molar-refractivity contribution < 1.29 is 9.18 Å². The van der Waals surface area contributed by atoms with Gasteiger partial charge in [-0.1, -0.05) is 6.07 Å². The first-order valence-electron chi connectivity index (χ1n) is 8.93. The Morgan fingerprint density at radius 2 is 2.07 bits per heavy atom. The number of amides is 1. The Morgan fingerprint density at radius 1 is 1.25 bits per heavy atom. The van der Waals surface area contributed by atoms with Crippen LogP contribution in [0.15, 0.2) is 48.0 Å². The van der Waals surface area contributed by atoms with Gasteiger partial charge >= 0.3 is 0 Å². The van der Waals surface area contributed by atoms with Crippen LogP contribution in [0.4, 0.5) is 10.1 Å². The number of thiophene rings is 1. The van der Waals surface area contributed by atoms with Crippen LogP contribution in [-0.2, 0) is 0 Å². The molecule has 0 fully saturated rings. The molecule has 142 valence electrons. The fraction of sp³-hybridized carbons (Fsp3) is 0.190. The van der Waals surface area contributed by atoms with Crippen LogP contribution in [-0.4, -0.2) is 20.7 Å². The van der Waals surface area contributed by atoms with Gasteiger partial charge in [-0.2, -0.15) is 5.10 Å². The van der Waals surface area contributed by atoms with Crippen LogP contribution in [0.5, 0.6) is 0 Å². The lowest BCUT2D eigenvalue weighted by Crippen LogP contribution is -2.14. The van der Waals surface area contributed by atoms with Crippen molar-refractivity contribution in [1.29, 1.82) is 0 Å². The van der Waals surface area contributed by atoms with Gasteiger partial charge in [0.25, 0.3) is 5.91 Å². The number of fused-ring (bicyclic) bond motifs is 1. The quantitative estimate of drug-likeness (QED) is 0.501. The molecule has 28 heavy (non-hydrogen) atoms.